The van der Waals surface area contributed by atoms with Crippen LogP contribution >= 0.6 is 23.2 Å². The largest absolute Gasteiger partial charge is 0.449 e. The van der Waals surface area contributed by atoms with Crippen LogP contribution in [0.5, 0.6) is 0 Å². The molecular weight excluding hydrogens is 300 g/mol. The van der Waals surface area contributed by atoms with Crippen LogP contribution in [0.25, 0.3) is 11.0 Å². The van der Waals surface area contributed by atoms with E-state index in [9.17, 15) is 13.2 Å². The molecule has 0 radical (unpaired) electrons. The first-order chi connectivity index (χ1) is 8.79. The highest BCUT2D eigenvalue weighted by Crippen LogP contribution is 2.54. The predicted molar refractivity (Wildman–Crippen MR) is 67.3 cm³/mol. The molecule has 0 spiro atoms. The van der Waals surface area contributed by atoms with E-state index in [0.717, 1.165) is 4.57 Å². The van der Waals surface area contributed by atoms with Crippen molar-refractivity contribution in [2.45, 2.75) is 23.5 Å². The number of hydrogen-bond acceptors (Lipinski definition) is 1. The number of fused-ring (bicyclic) bond motifs is 1. The van der Waals surface area contributed by atoms with E-state index in [4.69, 9.17) is 23.2 Å². The van der Waals surface area contributed by atoms with Crippen LogP contribution in [0.3, 0.4) is 0 Å². The monoisotopic (exact) mass is 308 g/mol. The minimum atomic E-state index is -4.49. The number of halogens is 5. The molecule has 1 fully saturated rings. The highest BCUT2D eigenvalue weighted by atomic mass is 35.5. The summed E-state index contributed by atoms with van der Waals surface area (Å²) in [6.45, 7) is 0.127. The van der Waals surface area contributed by atoms with Crippen molar-refractivity contribution in [3.8, 4) is 0 Å². The first-order valence-corrected chi connectivity index (χ1v) is 6.45. The second-order valence-electron chi connectivity index (χ2n) is 4.69. The van der Waals surface area contributed by atoms with Gasteiger partial charge in [0.2, 0.25) is 5.82 Å². The maximum atomic E-state index is 13.0. The highest BCUT2D eigenvalue weighted by molar-refractivity contribution is 6.50. The van der Waals surface area contributed by atoms with Gasteiger partial charge in [-0.3, -0.25) is 0 Å². The third-order valence-corrected chi connectivity index (χ3v) is 4.19. The Labute approximate surface area is 117 Å². The molecule has 2 aromatic rings. The third kappa shape index (κ3) is 2.30. The Morgan fingerprint density at radius 1 is 1.32 bits per heavy atom. The summed E-state index contributed by atoms with van der Waals surface area (Å²) < 4.78 is 39.3. The van der Waals surface area contributed by atoms with Gasteiger partial charge in [-0.1, -0.05) is 12.1 Å². The summed E-state index contributed by atoms with van der Waals surface area (Å²) >= 11 is 11.8. The van der Waals surface area contributed by atoms with Crippen LogP contribution in [-0.4, -0.2) is 13.9 Å². The Bertz CT molecular complexity index is 633. The van der Waals surface area contributed by atoms with Gasteiger partial charge in [0.25, 0.3) is 0 Å². The molecule has 0 bridgehead atoms. The summed E-state index contributed by atoms with van der Waals surface area (Å²) in [5, 5.41) is 0. The lowest BCUT2D eigenvalue weighted by atomic mass is 10.3. The Morgan fingerprint density at radius 2 is 1.95 bits per heavy atom. The number of rotatable bonds is 2. The van der Waals surface area contributed by atoms with Crippen molar-refractivity contribution in [3.05, 3.63) is 30.1 Å². The number of aromatic nitrogens is 2. The van der Waals surface area contributed by atoms with E-state index in [1.54, 1.807) is 24.3 Å². The van der Waals surface area contributed by atoms with Crippen molar-refractivity contribution in [3.63, 3.8) is 0 Å². The normalized spacial score (nSPS) is 21.8. The molecule has 1 heterocycles. The molecule has 0 unspecified atom stereocenters. The quantitative estimate of drug-likeness (QED) is 0.758. The molecule has 3 rings (SSSR count). The van der Waals surface area contributed by atoms with E-state index in [-0.39, 0.29) is 12.5 Å². The van der Waals surface area contributed by atoms with Gasteiger partial charge in [0.1, 0.15) is 4.33 Å². The molecule has 1 aromatic heterocycles. The first kappa shape index (κ1) is 13.1. The summed E-state index contributed by atoms with van der Waals surface area (Å²) in [5.74, 6) is -1.07. The minimum absolute atomic E-state index is 0.127. The van der Waals surface area contributed by atoms with Gasteiger partial charge in [-0.15, -0.1) is 23.2 Å². The van der Waals surface area contributed by atoms with Gasteiger partial charge in [0, 0.05) is 12.5 Å². The van der Waals surface area contributed by atoms with Gasteiger partial charge in [-0.25, -0.2) is 4.98 Å². The van der Waals surface area contributed by atoms with Crippen molar-refractivity contribution in [2.24, 2.45) is 5.92 Å². The maximum Gasteiger partial charge on any atom is 0.449 e. The number of para-hydroxylation sites is 2. The number of benzene rings is 1. The Morgan fingerprint density at radius 3 is 2.53 bits per heavy atom. The van der Waals surface area contributed by atoms with Gasteiger partial charge >= 0.3 is 6.18 Å². The van der Waals surface area contributed by atoms with Crippen molar-refractivity contribution < 1.29 is 13.2 Å². The molecule has 1 saturated carbocycles. The fourth-order valence-electron chi connectivity index (χ4n) is 2.16. The van der Waals surface area contributed by atoms with Crippen LogP contribution in [0.15, 0.2) is 24.3 Å². The molecule has 1 atom stereocenters. The molecule has 7 heteroatoms. The van der Waals surface area contributed by atoms with Gasteiger partial charge in [-0.05, 0) is 18.6 Å². The van der Waals surface area contributed by atoms with E-state index < -0.39 is 16.3 Å². The van der Waals surface area contributed by atoms with Crippen LogP contribution in [0.1, 0.15) is 12.2 Å². The van der Waals surface area contributed by atoms with Crippen LogP contribution in [-0.2, 0) is 12.7 Å². The Hall–Kier alpha value is -0.940. The smallest absolute Gasteiger partial charge is 0.320 e. The Kier molecular flexibility index (Phi) is 2.77. The SMILES string of the molecule is FC(F)(F)c1nc2ccccc2n1C[C@@H]1CC1(Cl)Cl. The van der Waals surface area contributed by atoms with Crippen molar-refractivity contribution in [1.82, 2.24) is 9.55 Å². The van der Waals surface area contributed by atoms with Gasteiger partial charge < -0.3 is 4.57 Å². The molecule has 0 amide bonds. The molecular formula is C12H9Cl2F3N2. The second-order valence-corrected chi connectivity index (χ2v) is 6.24. The van der Waals surface area contributed by atoms with Crippen LogP contribution in [0.2, 0.25) is 0 Å². The number of nitrogens with zero attached hydrogens (tertiary/aromatic N) is 2. The highest BCUT2D eigenvalue weighted by Gasteiger charge is 2.52. The number of imidazole rings is 1. The van der Waals surface area contributed by atoms with Crippen molar-refractivity contribution in [2.75, 3.05) is 0 Å². The van der Waals surface area contributed by atoms with E-state index in [2.05, 4.69) is 4.98 Å². The van der Waals surface area contributed by atoms with E-state index in [1.807, 2.05) is 0 Å². The van der Waals surface area contributed by atoms with Crippen molar-refractivity contribution >= 4 is 34.2 Å². The molecule has 102 valence electrons. The molecule has 0 N–H and O–H groups in total. The molecule has 2 nitrogen and oxygen atoms in total. The van der Waals surface area contributed by atoms with E-state index >= 15 is 0 Å². The summed E-state index contributed by atoms with van der Waals surface area (Å²) in [6, 6.07) is 6.51. The minimum Gasteiger partial charge on any atom is -0.320 e. The fraction of sp³-hybridized carbons (Fsp3) is 0.417. The zero-order valence-corrected chi connectivity index (χ0v) is 11.1. The lowest BCUT2D eigenvalue weighted by Crippen LogP contribution is -2.16. The van der Waals surface area contributed by atoms with E-state index in [0.29, 0.717) is 17.5 Å². The average molecular weight is 309 g/mol. The van der Waals surface area contributed by atoms with Crippen LogP contribution in [0.4, 0.5) is 13.2 Å². The van der Waals surface area contributed by atoms with Crippen LogP contribution in [0, 0.1) is 5.92 Å². The Balaban J connectivity index is 2.09. The molecule has 19 heavy (non-hydrogen) atoms. The van der Waals surface area contributed by atoms with Crippen molar-refractivity contribution in [1.29, 1.82) is 0 Å². The summed E-state index contributed by atoms with van der Waals surface area (Å²) in [5.41, 5.74) is 0.774. The van der Waals surface area contributed by atoms with Crippen LogP contribution < -0.4 is 0 Å². The number of hydrogen-bond donors (Lipinski definition) is 0. The molecule has 1 aliphatic rings. The molecule has 0 aliphatic heterocycles. The molecule has 0 saturated heterocycles. The fourth-order valence-corrected chi connectivity index (χ4v) is 2.68. The first-order valence-electron chi connectivity index (χ1n) is 5.69. The summed E-state index contributed by atoms with van der Waals surface area (Å²) in [4.78, 5) is 3.66. The topological polar surface area (TPSA) is 17.8 Å². The molecule has 1 aromatic carbocycles. The zero-order chi connectivity index (χ0) is 13.8. The van der Waals surface area contributed by atoms with E-state index in [1.165, 1.54) is 0 Å². The van der Waals surface area contributed by atoms with Gasteiger partial charge in [-0.2, -0.15) is 13.2 Å². The average Bonchev–Trinajstić information content (AvgIpc) is 2.74. The van der Waals surface area contributed by atoms with Gasteiger partial charge in [0.15, 0.2) is 0 Å². The van der Waals surface area contributed by atoms with Gasteiger partial charge in [0.05, 0.1) is 11.0 Å². The summed E-state index contributed by atoms with van der Waals surface area (Å²) in [7, 11) is 0. The molecule has 1 aliphatic carbocycles. The summed E-state index contributed by atoms with van der Waals surface area (Å²) in [6.07, 6.45) is -3.99. The maximum absolute atomic E-state index is 13.0. The standard InChI is InChI=1S/C12H9Cl2F3N2/c13-11(14)5-7(11)6-19-9-4-2-1-3-8(9)18-10(19)12(15,16)17/h1-4,7H,5-6H2/t7-/m0/s1. The second kappa shape index (κ2) is 4.03. The predicted octanol–water partition coefficient (Wildman–Crippen LogP) is 4.25. The zero-order valence-electron chi connectivity index (χ0n) is 9.59. The number of alkyl halides is 5. The lowest BCUT2D eigenvalue weighted by molar-refractivity contribution is -0.147. The third-order valence-electron chi connectivity index (χ3n) is 3.27. The lowest BCUT2D eigenvalue weighted by Gasteiger charge is -2.11.